The third-order valence-electron chi connectivity index (χ3n) is 8.92. The number of nitrogens with one attached hydrogen (secondary N) is 1. The monoisotopic (exact) mass is 557 g/mol. The molecule has 0 radical (unpaired) electrons. The molecule has 41 heavy (non-hydrogen) atoms. The number of amides is 1. The van der Waals surface area contributed by atoms with Crippen molar-refractivity contribution in [3.05, 3.63) is 35.7 Å². The highest BCUT2D eigenvalue weighted by Crippen LogP contribution is 2.62. The van der Waals surface area contributed by atoms with E-state index in [9.17, 15) is 19.2 Å². The molecule has 0 spiro atoms. The van der Waals surface area contributed by atoms with Crippen LogP contribution in [0.1, 0.15) is 80.8 Å². The van der Waals surface area contributed by atoms with Crippen molar-refractivity contribution in [3.8, 4) is 11.3 Å². The van der Waals surface area contributed by atoms with Crippen LogP contribution in [0.3, 0.4) is 0 Å². The molecule has 3 aromatic rings. The average molecular weight is 558 g/mol. The van der Waals surface area contributed by atoms with Gasteiger partial charge in [-0.05, 0) is 50.6 Å². The van der Waals surface area contributed by atoms with E-state index in [-0.39, 0.29) is 47.0 Å². The Kier molecular flexibility index (Phi) is 7.01. The lowest BCUT2D eigenvalue weighted by Gasteiger charge is -2.26. The summed E-state index contributed by atoms with van der Waals surface area (Å²) >= 11 is 0. The number of ketones is 3. The van der Waals surface area contributed by atoms with Gasteiger partial charge in [-0.1, -0.05) is 6.92 Å². The molecule has 1 N–H and O–H groups in total. The Morgan fingerprint density at radius 1 is 1.15 bits per heavy atom. The van der Waals surface area contributed by atoms with Crippen LogP contribution in [-0.4, -0.2) is 71.5 Å². The van der Waals surface area contributed by atoms with Gasteiger partial charge in [0.05, 0.1) is 22.9 Å². The summed E-state index contributed by atoms with van der Waals surface area (Å²) in [7, 11) is 0. The number of hydrogen-bond acceptors (Lipinski definition) is 9. The molecular weight excluding hydrogens is 522 g/mol. The highest BCUT2D eigenvalue weighted by molar-refractivity contribution is 6.06. The smallest absolute Gasteiger partial charge is 0.245 e. The predicted molar refractivity (Wildman–Crippen MR) is 150 cm³/mol. The van der Waals surface area contributed by atoms with E-state index in [0.717, 1.165) is 6.42 Å². The Morgan fingerprint density at radius 2 is 1.93 bits per heavy atom. The maximum absolute atomic E-state index is 14.0. The van der Waals surface area contributed by atoms with Gasteiger partial charge in [0.15, 0.2) is 11.6 Å². The Bertz CT molecular complexity index is 1560. The van der Waals surface area contributed by atoms with Gasteiger partial charge in [0.2, 0.25) is 5.91 Å². The first-order valence-corrected chi connectivity index (χ1v) is 14.5. The zero-order valence-corrected chi connectivity index (χ0v) is 23.8. The molecule has 2 bridgehead atoms. The second-order valence-electron chi connectivity index (χ2n) is 11.7. The van der Waals surface area contributed by atoms with Gasteiger partial charge in [0, 0.05) is 62.1 Å². The molecule has 1 saturated carbocycles. The first-order valence-electron chi connectivity index (χ1n) is 14.5. The first-order chi connectivity index (χ1) is 19.7. The summed E-state index contributed by atoms with van der Waals surface area (Å²) < 4.78 is 1.58. The van der Waals surface area contributed by atoms with Crippen molar-refractivity contribution in [1.82, 2.24) is 34.9 Å². The van der Waals surface area contributed by atoms with Crippen LogP contribution in [0.2, 0.25) is 0 Å². The normalized spacial score (nSPS) is 24.9. The van der Waals surface area contributed by atoms with Crippen molar-refractivity contribution < 1.29 is 19.2 Å². The van der Waals surface area contributed by atoms with E-state index in [1.54, 1.807) is 35.0 Å². The molecule has 11 nitrogen and oxygen atoms in total. The molecule has 0 aromatic carbocycles. The standard InChI is InChI=1S/C30H35N7O4/c1-4-25(40)24-11-30-8-7-20(39)6-5-9-31-15-23-29-21(10-22(34-23)19-13-32-18(3)33-14-19)28(17(2)38)35-36(29)16-27(41)37(24)26(30)12-30/h10,13-14,24,26,31H,4-9,11-12,15-16H2,1-3H3/t24-,26+,30-/m0/s1. The van der Waals surface area contributed by atoms with Crippen LogP contribution in [-0.2, 0) is 27.5 Å². The van der Waals surface area contributed by atoms with Crippen molar-refractivity contribution in [2.75, 3.05) is 6.54 Å². The minimum atomic E-state index is -0.487. The third kappa shape index (κ3) is 4.96. The van der Waals surface area contributed by atoms with E-state index >= 15 is 0 Å². The summed E-state index contributed by atoms with van der Waals surface area (Å²) in [5.74, 6) is 0.474. The van der Waals surface area contributed by atoms with Crippen molar-refractivity contribution in [2.24, 2.45) is 5.41 Å². The lowest BCUT2D eigenvalue weighted by molar-refractivity contribution is -0.139. The predicted octanol–water partition coefficient (Wildman–Crippen LogP) is 2.97. The van der Waals surface area contributed by atoms with Gasteiger partial charge in [-0.2, -0.15) is 5.10 Å². The van der Waals surface area contributed by atoms with Crippen LogP contribution in [0.25, 0.3) is 22.2 Å². The van der Waals surface area contributed by atoms with Crippen LogP contribution < -0.4 is 5.32 Å². The largest absolute Gasteiger partial charge is 0.327 e. The zero-order chi connectivity index (χ0) is 28.9. The molecule has 2 aliphatic heterocycles. The van der Waals surface area contributed by atoms with Gasteiger partial charge in [0.25, 0.3) is 0 Å². The van der Waals surface area contributed by atoms with Crippen LogP contribution >= 0.6 is 0 Å². The van der Waals surface area contributed by atoms with Crippen LogP contribution in [0.4, 0.5) is 0 Å². The van der Waals surface area contributed by atoms with Crippen LogP contribution in [0.5, 0.6) is 0 Å². The molecule has 5 heterocycles. The molecular formula is C30H35N7O4. The zero-order valence-electron chi connectivity index (χ0n) is 23.8. The molecule has 1 aliphatic carbocycles. The molecule has 1 amide bonds. The lowest BCUT2D eigenvalue weighted by atomic mass is 9.90. The maximum atomic E-state index is 14.0. The van der Waals surface area contributed by atoms with E-state index in [1.807, 2.05) is 6.92 Å². The quantitative estimate of drug-likeness (QED) is 0.480. The Morgan fingerprint density at radius 3 is 2.66 bits per heavy atom. The number of pyridine rings is 1. The molecule has 0 unspecified atom stereocenters. The Hall–Kier alpha value is -3.86. The Labute approximate surface area is 238 Å². The Balaban J connectivity index is 1.46. The summed E-state index contributed by atoms with van der Waals surface area (Å²) in [5, 5.41) is 8.63. The number of carbonyl (C=O) groups is 4. The highest BCUT2D eigenvalue weighted by atomic mass is 16.2. The van der Waals surface area contributed by atoms with E-state index in [4.69, 9.17) is 4.98 Å². The van der Waals surface area contributed by atoms with Gasteiger partial charge >= 0.3 is 0 Å². The number of hydrogen-bond donors (Lipinski definition) is 1. The summed E-state index contributed by atoms with van der Waals surface area (Å²) in [5.41, 5.74) is 2.64. The minimum Gasteiger partial charge on any atom is -0.327 e. The van der Waals surface area contributed by atoms with Crippen molar-refractivity contribution in [1.29, 1.82) is 0 Å². The van der Waals surface area contributed by atoms with Crippen molar-refractivity contribution >= 4 is 34.2 Å². The molecule has 3 aromatic heterocycles. The van der Waals surface area contributed by atoms with Crippen molar-refractivity contribution in [3.63, 3.8) is 0 Å². The number of rotatable bonds is 4. The topological polar surface area (TPSA) is 140 Å². The molecule has 6 rings (SSSR count). The van der Waals surface area contributed by atoms with E-state index < -0.39 is 6.04 Å². The van der Waals surface area contributed by atoms with Crippen molar-refractivity contribution in [2.45, 2.75) is 90.9 Å². The summed E-state index contributed by atoms with van der Waals surface area (Å²) in [4.78, 5) is 67.7. The number of aromatic nitrogens is 5. The molecule has 3 atom stereocenters. The van der Waals surface area contributed by atoms with E-state index in [0.29, 0.717) is 85.3 Å². The minimum absolute atomic E-state index is 0.0421. The maximum Gasteiger partial charge on any atom is 0.245 e. The summed E-state index contributed by atoms with van der Waals surface area (Å²) in [6, 6.07) is 1.27. The fraction of sp³-hybridized carbons (Fsp3) is 0.533. The molecule has 1 saturated heterocycles. The van der Waals surface area contributed by atoms with E-state index in [2.05, 4.69) is 20.4 Å². The van der Waals surface area contributed by atoms with Crippen LogP contribution in [0.15, 0.2) is 18.5 Å². The SMILES string of the molecule is CCC(=O)[C@@H]1C[C@]23CCC(=O)CCCNCc4nc(-c5cnc(C)nc5)cc5c(C(C)=O)nn(c45)CC(=O)N1[C@@H]2C3. The average Bonchev–Trinajstić information content (AvgIpc) is 3.36. The number of aryl methyl sites for hydroxylation is 1. The van der Waals surface area contributed by atoms with Crippen LogP contribution in [0, 0.1) is 12.3 Å². The lowest BCUT2D eigenvalue weighted by Crippen LogP contribution is -2.44. The molecule has 2 fully saturated rings. The molecule has 214 valence electrons. The fourth-order valence-electron chi connectivity index (χ4n) is 6.66. The van der Waals surface area contributed by atoms with Gasteiger partial charge in [-0.3, -0.25) is 23.9 Å². The molecule has 11 heteroatoms. The molecule has 3 aliphatic rings. The fourth-order valence-corrected chi connectivity index (χ4v) is 6.66. The number of nitrogens with zero attached hydrogens (tertiary/aromatic N) is 6. The second kappa shape index (κ2) is 10.5. The number of Topliss-reactive ketones (excluding diaryl/α,β-unsaturated/α-hetero) is 3. The van der Waals surface area contributed by atoms with Gasteiger partial charge in [-0.15, -0.1) is 0 Å². The third-order valence-corrected chi connectivity index (χ3v) is 8.92. The van der Waals surface area contributed by atoms with E-state index in [1.165, 1.54) is 6.92 Å². The number of piperidine rings is 1. The number of carbonyl (C=O) groups excluding carboxylic acids is 4. The summed E-state index contributed by atoms with van der Waals surface area (Å²) in [6.45, 7) is 5.96. The van der Waals surface area contributed by atoms with Gasteiger partial charge < -0.3 is 10.2 Å². The second-order valence-corrected chi connectivity index (χ2v) is 11.7. The highest BCUT2D eigenvalue weighted by Gasteiger charge is 2.66. The summed E-state index contributed by atoms with van der Waals surface area (Å²) in [6.07, 6.45) is 7.51. The van der Waals surface area contributed by atoms with Gasteiger partial charge in [-0.25, -0.2) is 15.0 Å². The first kappa shape index (κ1) is 27.3. The van der Waals surface area contributed by atoms with Gasteiger partial charge in [0.1, 0.15) is 23.8 Å².